The Morgan fingerprint density at radius 3 is 2.56 bits per heavy atom. The summed E-state index contributed by atoms with van der Waals surface area (Å²) in [5.74, 6) is 0.0877. The van der Waals surface area contributed by atoms with Crippen molar-refractivity contribution in [1.29, 1.82) is 5.26 Å². The summed E-state index contributed by atoms with van der Waals surface area (Å²) in [6.45, 7) is 2.83. The van der Waals surface area contributed by atoms with Crippen molar-refractivity contribution in [2.45, 2.75) is 32.7 Å². The van der Waals surface area contributed by atoms with Crippen LogP contribution >= 0.6 is 0 Å². The van der Waals surface area contributed by atoms with E-state index in [2.05, 4.69) is 25.6 Å². The van der Waals surface area contributed by atoms with Crippen molar-refractivity contribution in [3.05, 3.63) is 30.4 Å². The fourth-order valence-electron chi connectivity index (χ4n) is 3.17. The van der Waals surface area contributed by atoms with E-state index in [4.69, 9.17) is 0 Å². The third-order valence-electron chi connectivity index (χ3n) is 5.17. The van der Waals surface area contributed by atoms with Crippen LogP contribution in [-0.2, 0) is 9.59 Å². The number of nitrogens with zero attached hydrogens (tertiary/aromatic N) is 5. The first-order valence-corrected chi connectivity index (χ1v) is 10.0. The Morgan fingerprint density at radius 1 is 1.28 bits per heavy atom. The summed E-state index contributed by atoms with van der Waals surface area (Å²) in [6, 6.07) is 2.64. The molecule has 0 radical (unpaired) electrons. The predicted molar refractivity (Wildman–Crippen MR) is 113 cm³/mol. The Balaban J connectivity index is 1.73. The van der Waals surface area contributed by atoms with E-state index in [-0.39, 0.29) is 23.2 Å². The summed E-state index contributed by atoms with van der Waals surface area (Å²) in [4.78, 5) is 37.8. The molecule has 0 bridgehead atoms. The molecule has 32 heavy (non-hydrogen) atoms. The number of alkyl halides is 2. The molecule has 1 fully saturated rings. The lowest BCUT2D eigenvalue weighted by molar-refractivity contribution is -0.132. The molecule has 0 saturated heterocycles. The molecule has 1 aliphatic rings. The van der Waals surface area contributed by atoms with Crippen LogP contribution in [0, 0.1) is 23.2 Å². The van der Waals surface area contributed by atoms with Gasteiger partial charge < -0.3 is 15.5 Å². The van der Waals surface area contributed by atoms with E-state index >= 15 is 0 Å². The van der Waals surface area contributed by atoms with Gasteiger partial charge in [-0.2, -0.15) is 5.26 Å². The average molecular weight is 443 g/mol. The third kappa shape index (κ3) is 5.51. The van der Waals surface area contributed by atoms with E-state index in [9.17, 15) is 23.6 Å². The van der Waals surface area contributed by atoms with E-state index in [1.54, 1.807) is 6.07 Å². The smallest absolute Gasteiger partial charge is 0.255 e. The topological polar surface area (TPSA) is 124 Å². The number of hydrogen-bond donors (Lipinski definition) is 2. The fraction of sp³-hybridized carbons (Fsp3) is 0.429. The molecule has 1 saturated carbocycles. The number of hydrogen-bond acceptors (Lipinski definition) is 7. The van der Waals surface area contributed by atoms with Gasteiger partial charge in [0, 0.05) is 24.7 Å². The van der Waals surface area contributed by atoms with Crippen LogP contribution in [0.3, 0.4) is 0 Å². The van der Waals surface area contributed by atoms with Gasteiger partial charge in [0.2, 0.25) is 11.8 Å². The maximum Gasteiger partial charge on any atom is 0.255 e. The highest BCUT2D eigenvalue weighted by Crippen LogP contribution is 2.38. The van der Waals surface area contributed by atoms with Crippen LogP contribution in [0.25, 0.3) is 11.3 Å². The fourth-order valence-corrected chi connectivity index (χ4v) is 3.17. The molecule has 2 aromatic heterocycles. The minimum absolute atomic E-state index is 0.0114. The first-order chi connectivity index (χ1) is 15.2. The molecule has 0 aromatic carbocycles. The number of carbonyl (C=O) groups excluding carboxylic acids is 2. The summed E-state index contributed by atoms with van der Waals surface area (Å²) in [5.41, 5.74) is 1.27. The maximum absolute atomic E-state index is 12.5. The molecular weight excluding hydrogens is 420 g/mol. The molecule has 168 valence electrons. The van der Waals surface area contributed by atoms with Gasteiger partial charge in [0.25, 0.3) is 6.43 Å². The number of rotatable bonds is 8. The van der Waals surface area contributed by atoms with E-state index in [0.717, 1.165) is 11.3 Å². The molecule has 2 amide bonds. The van der Waals surface area contributed by atoms with Crippen molar-refractivity contribution in [2.24, 2.45) is 11.8 Å². The number of nitrogens with one attached hydrogen (secondary N) is 2. The van der Waals surface area contributed by atoms with E-state index in [1.807, 2.05) is 13.0 Å². The second-order valence-corrected chi connectivity index (χ2v) is 7.80. The van der Waals surface area contributed by atoms with Gasteiger partial charge in [0.15, 0.2) is 11.5 Å². The Kier molecular flexibility index (Phi) is 6.92. The van der Waals surface area contributed by atoms with Crippen molar-refractivity contribution >= 4 is 23.3 Å². The van der Waals surface area contributed by atoms with Gasteiger partial charge in [-0.15, -0.1) is 0 Å². The van der Waals surface area contributed by atoms with Crippen LogP contribution < -0.4 is 10.6 Å². The third-order valence-corrected chi connectivity index (χ3v) is 5.17. The lowest BCUT2D eigenvalue weighted by Crippen LogP contribution is -2.41. The van der Waals surface area contributed by atoms with Gasteiger partial charge in [0.1, 0.15) is 12.1 Å². The van der Waals surface area contributed by atoms with Crippen LogP contribution in [0.1, 0.15) is 26.0 Å². The highest BCUT2D eigenvalue weighted by Gasteiger charge is 2.39. The highest BCUT2D eigenvalue weighted by atomic mass is 19.3. The molecule has 0 aliphatic heterocycles. The highest BCUT2D eigenvalue weighted by molar-refractivity contribution is 5.93. The maximum atomic E-state index is 12.5. The summed E-state index contributed by atoms with van der Waals surface area (Å²) in [6.07, 6.45) is 2.55. The molecule has 3 rings (SSSR count). The number of likely N-dealkylation sites (N-methyl/N-ethyl adjacent to an activating group) is 1. The van der Waals surface area contributed by atoms with Crippen LogP contribution in [0.5, 0.6) is 0 Å². The Bertz CT molecular complexity index is 1040. The first kappa shape index (κ1) is 23.0. The minimum atomic E-state index is -2.64. The van der Waals surface area contributed by atoms with Crippen molar-refractivity contribution in [2.75, 3.05) is 24.2 Å². The van der Waals surface area contributed by atoms with Crippen LogP contribution in [0.15, 0.2) is 24.7 Å². The quantitative estimate of drug-likeness (QED) is 0.642. The van der Waals surface area contributed by atoms with Crippen molar-refractivity contribution in [3.8, 4) is 17.3 Å². The van der Waals surface area contributed by atoms with Gasteiger partial charge >= 0.3 is 0 Å². The van der Waals surface area contributed by atoms with Gasteiger partial charge in [-0.3, -0.25) is 14.6 Å². The van der Waals surface area contributed by atoms with Crippen molar-refractivity contribution in [3.63, 3.8) is 0 Å². The molecule has 9 nitrogen and oxygen atoms in total. The van der Waals surface area contributed by atoms with Gasteiger partial charge in [0.05, 0.1) is 30.3 Å². The standard InChI is InChI=1S/C21H23F2N7O2/c1-11-4-14(11)20(31)29-19-9-26-17(8-27-19)13-5-15(16(6-24)25-7-13)28-12(2)21(32)30(3)10-18(22)23/h5,7-9,11-12,14,18,28H,4,10H2,1-3H3,(H,27,29,31)/t11?,12?,14-/m0/s1. The number of halogens is 2. The van der Waals surface area contributed by atoms with Crippen LogP contribution in [-0.4, -0.2) is 57.7 Å². The number of aromatic nitrogens is 3. The van der Waals surface area contributed by atoms with Crippen LogP contribution in [0.2, 0.25) is 0 Å². The Hall–Kier alpha value is -3.68. The molecule has 11 heteroatoms. The zero-order valence-corrected chi connectivity index (χ0v) is 17.8. The molecule has 2 N–H and O–H groups in total. The Labute approximate surface area is 183 Å². The van der Waals surface area contributed by atoms with Crippen LogP contribution in [0.4, 0.5) is 20.3 Å². The molecule has 3 atom stereocenters. The van der Waals surface area contributed by atoms with E-state index < -0.39 is 24.9 Å². The second kappa shape index (κ2) is 9.64. The minimum Gasteiger partial charge on any atom is -0.372 e. The lowest BCUT2D eigenvalue weighted by atomic mass is 10.1. The summed E-state index contributed by atoms with van der Waals surface area (Å²) in [5, 5.41) is 14.9. The first-order valence-electron chi connectivity index (χ1n) is 10.0. The Morgan fingerprint density at radius 2 is 2.00 bits per heavy atom. The average Bonchev–Trinajstić information content (AvgIpc) is 3.50. The normalized spacial score (nSPS) is 17.9. The summed E-state index contributed by atoms with van der Waals surface area (Å²) in [7, 11) is 1.28. The zero-order valence-electron chi connectivity index (χ0n) is 17.8. The number of pyridine rings is 1. The number of anilines is 2. The second-order valence-electron chi connectivity index (χ2n) is 7.80. The van der Waals surface area contributed by atoms with E-state index in [1.165, 1.54) is 32.6 Å². The molecule has 1 aliphatic carbocycles. The summed E-state index contributed by atoms with van der Waals surface area (Å²) >= 11 is 0. The van der Waals surface area contributed by atoms with Crippen molar-refractivity contribution in [1.82, 2.24) is 19.9 Å². The number of nitriles is 1. The molecular formula is C21H23F2N7O2. The zero-order chi connectivity index (χ0) is 23.4. The van der Waals surface area contributed by atoms with Gasteiger partial charge in [-0.05, 0) is 25.3 Å². The lowest BCUT2D eigenvalue weighted by Gasteiger charge is -2.22. The molecule has 2 heterocycles. The van der Waals surface area contributed by atoms with Gasteiger partial charge in [-0.1, -0.05) is 6.92 Å². The van der Waals surface area contributed by atoms with Gasteiger partial charge in [-0.25, -0.2) is 18.7 Å². The largest absolute Gasteiger partial charge is 0.372 e. The van der Waals surface area contributed by atoms with Crippen molar-refractivity contribution < 1.29 is 18.4 Å². The molecule has 0 spiro atoms. The predicted octanol–water partition coefficient (Wildman–Crippen LogP) is 2.53. The molecule has 2 unspecified atom stereocenters. The number of carbonyl (C=O) groups is 2. The van der Waals surface area contributed by atoms with E-state index in [0.29, 0.717) is 23.0 Å². The summed E-state index contributed by atoms with van der Waals surface area (Å²) < 4.78 is 25.1. The monoisotopic (exact) mass is 443 g/mol. The SMILES string of the molecule is CC(Nc1cc(-c2cnc(NC(=O)[C@H]3CC3C)cn2)cnc1C#N)C(=O)N(C)CC(F)F. The number of amides is 2. The molecule has 2 aromatic rings.